The molecule has 2 heterocycles. The number of hydrogen-bond donors (Lipinski definition) is 0. The van der Waals surface area contributed by atoms with Crippen molar-refractivity contribution in [3.8, 4) is 0 Å². The SMILES string of the molecule is CC(C)CCC[C@@H](C)[C@H]1CC[C@H]2[C@@H]3CCC4C[C@@H](O[C@]5(COC(=O)c6ccccc6)O[C@H](COC(=O)c6ccccc6)[C@H]6OC(C)(C)O[C@H]65)CC[C@]4(C)[C@H]3CC[C@]12C. The van der Waals surface area contributed by atoms with Crippen molar-refractivity contribution in [1.29, 1.82) is 0 Å². The third-order valence-corrected chi connectivity index (χ3v) is 16.3. The second kappa shape index (κ2) is 16.6. The first-order valence-electron chi connectivity index (χ1n) is 22.9. The van der Waals surface area contributed by atoms with Gasteiger partial charge in [-0.1, -0.05) is 90.3 Å². The Morgan fingerprint density at radius 1 is 0.724 bits per heavy atom. The van der Waals surface area contributed by atoms with Crippen molar-refractivity contribution in [2.24, 2.45) is 52.3 Å². The highest BCUT2D eigenvalue weighted by atomic mass is 16.8. The Hall–Kier alpha value is -2.78. The van der Waals surface area contributed by atoms with Crippen molar-refractivity contribution in [3.05, 3.63) is 71.8 Å². The number of hydrogen-bond acceptors (Lipinski definition) is 8. The molecule has 4 saturated carbocycles. The minimum absolute atomic E-state index is 0.0574. The highest BCUT2D eigenvalue weighted by Crippen LogP contribution is 2.68. The smallest absolute Gasteiger partial charge is 0.338 e. The van der Waals surface area contributed by atoms with Crippen LogP contribution < -0.4 is 0 Å². The van der Waals surface area contributed by atoms with Crippen LogP contribution in [-0.2, 0) is 28.4 Å². The van der Waals surface area contributed by atoms with E-state index in [1.165, 1.54) is 57.8 Å². The zero-order chi connectivity index (χ0) is 40.9. The fraction of sp³-hybridized carbons (Fsp3) is 0.720. The van der Waals surface area contributed by atoms with Crippen LogP contribution in [0.2, 0.25) is 0 Å². The Morgan fingerprint density at radius 2 is 1.38 bits per heavy atom. The van der Waals surface area contributed by atoms with Gasteiger partial charge in [-0.15, -0.1) is 0 Å². The lowest BCUT2D eigenvalue weighted by atomic mass is 9.44. The lowest BCUT2D eigenvalue weighted by molar-refractivity contribution is -0.324. The number of benzene rings is 2. The van der Waals surface area contributed by atoms with Gasteiger partial charge in [-0.05, 0) is 148 Å². The van der Waals surface area contributed by atoms with Crippen molar-refractivity contribution in [3.63, 3.8) is 0 Å². The minimum Gasteiger partial charge on any atom is -0.459 e. The third kappa shape index (κ3) is 8.06. The van der Waals surface area contributed by atoms with Gasteiger partial charge in [0.05, 0.1) is 17.2 Å². The molecule has 2 saturated heterocycles. The molecular formula is C50H70O8. The van der Waals surface area contributed by atoms with Gasteiger partial charge in [0.2, 0.25) is 5.79 Å². The van der Waals surface area contributed by atoms with Crippen LogP contribution in [0, 0.1) is 52.3 Å². The van der Waals surface area contributed by atoms with Gasteiger partial charge in [0.15, 0.2) is 5.79 Å². The fourth-order valence-corrected chi connectivity index (χ4v) is 13.4. The van der Waals surface area contributed by atoms with Crippen LogP contribution in [0.15, 0.2) is 60.7 Å². The van der Waals surface area contributed by atoms with E-state index < -0.39 is 41.8 Å². The molecule has 0 aromatic heterocycles. The first kappa shape index (κ1) is 41.9. The second-order valence-electron chi connectivity index (χ2n) is 20.6. The van der Waals surface area contributed by atoms with Crippen LogP contribution in [0.4, 0.5) is 0 Å². The molecule has 6 aliphatic rings. The molecule has 2 aliphatic heterocycles. The van der Waals surface area contributed by atoms with Gasteiger partial charge in [0.25, 0.3) is 0 Å². The van der Waals surface area contributed by atoms with E-state index in [1.807, 2.05) is 50.2 Å². The predicted molar refractivity (Wildman–Crippen MR) is 223 cm³/mol. The molecule has 2 aromatic rings. The molecule has 0 radical (unpaired) electrons. The van der Waals surface area contributed by atoms with E-state index in [4.69, 9.17) is 28.4 Å². The number of fused-ring (bicyclic) bond motifs is 6. The molecule has 4 aliphatic carbocycles. The van der Waals surface area contributed by atoms with Crippen molar-refractivity contribution in [2.45, 2.75) is 162 Å². The van der Waals surface area contributed by atoms with Gasteiger partial charge in [-0.3, -0.25) is 0 Å². The monoisotopic (exact) mass is 799 g/mol. The lowest BCUT2D eigenvalue weighted by Gasteiger charge is -2.61. The Balaban J connectivity index is 0.984. The van der Waals surface area contributed by atoms with E-state index in [1.54, 1.807) is 24.3 Å². The van der Waals surface area contributed by atoms with E-state index in [0.717, 1.165) is 54.8 Å². The molecule has 318 valence electrons. The Bertz CT molecular complexity index is 1730. The summed E-state index contributed by atoms with van der Waals surface area (Å²) in [5.41, 5.74) is 1.67. The van der Waals surface area contributed by atoms with E-state index in [2.05, 4.69) is 34.6 Å². The molecule has 2 aromatic carbocycles. The number of ether oxygens (including phenoxy) is 6. The highest BCUT2D eigenvalue weighted by Gasteiger charge is 2.66. The zero-order valence-corrected chi connectivity index (χ0v) is 36.3. The van der Waals surface area contributed by atoms with Crippen molar-refractivity contribution >= 4 is 11.9 Å². The summed E-state index contributed by atoms with van der Waals surface area (Å²) in [4.78, 5) is 26.5. The first-order valence-corrected chi connectivity index (χ1v) is 22.9. The summed E-state index contributed by atoms with van der Waals surface area (Å²) >= 11 is 0. The summed E-state index contributed by atoms with van der Waals surface area (Å²) in [5.74, 6) is 2.15. The standard InChI is InChI=1S/C50H70O8/c1-32(2)15-14-16-33(3)39-23-24-40-38-22-21-36-29-37(25-27-48(36,6)41(38)26-28-49(39,40)7)55-50(31-54-46(52)35-19-12-9-13-20-35)44-43(57-47(4,5)58-44)42(56-50)30-53-45(51)34-17-10-8-11-18-34/h8-13,17-20,32-33,36-44H,14-16,21-31H2,1-7H3/t33-,36?,37+,38+,39-,40+,41+,42-,43-,44-,48+,49-,50-/m1/s1. The molecule has 6 fully saturated rings. The molecule has 0 bridgehead atoms. The molecule has 8 heteroatoms. The van der Waals surface area contributed by atoms with Crippen LogP contribution in [0.1, 0.15) is 146 Å². The van der Waals surface area contributed by atoms with Crippen molar-refractivity contribution in [2.75, 3.05) is 13.2 Å². The maximum Gasteiger partial charge on any atom is 0.338 e. The minimum atomic E-state index is -1.44. The van der Waals surface area contributed by atoms with Crippen LogP contribution in [0.5, 0.6) is 0 Å². The zero-order valence-electron chi connectivity index (χ0n) is 36.3. The average molecular weight is 799 g/mol. The topological polar surface area (TPSA) is 89.5 Å². The van der Waals surface area contributed by atoms with Gasteiger partial charge >= 0.3 is 11.9 Å². The Labute approximate surface area is 347 Å². The van der Waals surface area contributed by atoms with Crippen LogP contribution in [0.3, 0.4) is 0 Å². The van der Waals surface area contributed by atoms with Crippen LogP contribution >= 0.6 is 0 Å². The van der Waals surface area contributed by atoms with Crippen molar-refractivity contribution < 1.29 is 38.0 Å². The summed E-state index contributed by atoms with van der Waals surface area (Å²) in [5, 5.41) is 0. The normalized spacial score (nSPS) is 39.3. The van der Waals surface area contributed by atoms with Gasteiger partial charge in [-0.2, -0.15) is 0 Å². The van der Waals surface area contributed by atoms with E-state index in [9.17, 15) is 9.59 Å². The van der Waals surface area contributed by atoms with E-state index in [0.29, 0.717) is 22.5 Å². The third-order valence-electron chi connectivity index (χ3n) is 16.3. The maximum atomic E-state index is 13.4. The first-order chi connectivity index (χ1) is 27.7. The van der Waals surface area contributed by atoms with Crippen LogP contribution in [0.25, 0.3) is 0 Å². The maximum absolute atomic E-state index is 13.4. The molecule has 0 spiro atoms. The quantitative estimate of drug-likeness (QED) is 0.185. The number of esters is 2. The molecule has 58 heavy (non-hydrogen) atoms. The highest BCUT2D eigenvalue weighted by molar-refractivity contribution is 5.89. The van der Waals surface area contributed by atoms with Crippen molar-refractivity contribution in [1.82, 2.24) is 0 Å². The number of carbonyl (C=O) groups excluding carboxylic acids is 2. The number of carbonyl (C=O) groups is 2. The molecule has 13 atom stereocenters. The van der Waals surface area contributed by atoms with Gasteiger partial charge in [0, 0.05) is 0 Å². The van der Waals surface area contributed by atoms with E-state index >= 15 is 0 Å². The molecule has 8 nitrogen and oxygen atoms in total. The lowest BCUT2D eigenvalue weighted by Crippen LogP contribution is -2.56. The van der Waals surface area contributed by atoms with E-state index in [-0.39, 0.29) is 24.7 Å². The molecular weight excluding hydrogens is 729 g/mol. The summed E-state index contributed by atoms with van der Waals surface area (Å²) in [6, 6.07) is 17.9. The average Bonchev–Trinajstić information content (AvgIpc) is 3.83. The number of rotatable bonds is 13. The van der Waals surface area contributed by atoms with Gasteiger partial charge < -0.3 is 28.4 Å². The summed E-state index contributed by atoms with van der Waals surface area (Å²) < 4.78 is 39.0. The molecule has 0 N–H and O–H groups in total. The molecule has 0 amide bonds. The summed E-state index contributed by atoms with van der Waals surface area (Å²) in [7, 11) is 0. The summed E-state index contributed by atoms with van der Waals surface area (Å²) in [6.07, 6.45) is 13.0. The summed E-state index contributed by atoms with van der Waals surface area (Å²) in [6.45, 7) is 16.1. The molecule has 8 rings (SSSR count). The predicted octanol–water partition coefficient (Wildman–Crippen LogP) is 10.8. The molecule has 1 unspecified atom stereocenters. The Kier molecular flexibility index (Phi) is 12.0. The van der Waals surface area contributed by atoms with Gasteiger partial charge in [-0.25, -0.2) is 9.59 Å². The Morgan fingerprint density at radius 3 is 2.07 bits per heavy atom. The fourth-order valence-electron chi connectivity index (χ4n) is 13.4. The van der Waals surface area contributed by atoms with Crippen LogP contribution in [-0.4, -0.2) is 61.1 Å². The van der Waals surface area contributed by atoms with Gasteiger partial charge in [0.1, 0.15) is 31.5 Å². The second-order valence-corrected chi connectivity index (χ2v) is 20.6. The largest absolute Gasteiger partial charge is 0.459 e.